The van der Waals surface area contributed by atoms with Crippen molar-refractivity contribution >= 4 is 18.1 Å². The minimum Gasteiger partial charge on any atom is -0.445 e. The van der Waals surface area contributed by atoms with E-state index in [1.165, 1.54) is 0 Å². The van der Waals surface area contributed by atoms with Gasteiger partial charge < -0.3 is 25.3 Å². The Morgan fingerprint density at radius 3 is 2.30 bits per heavy atom. The van der Waals surface area contributed by atoms with E-state index in [2.05, 4.69) is 5.32 Å². The number of carbonyl (C=O) groups is 3. The third kappa shape index (κ3) is 5.02. The van der Waals surface area contributed by atoms with Gasteiger partial charge in [-0.2, -0.15) is 0 Å². The molecule has 3 rings (SSSR count). The number of nitrogens with zero attached hydrogens (tertiary/aromatic N) is 1. The smallest absolute Gasteiger partial charge is 0.410 e. The molecule has 2 heterocycles. The number of primary amides is 1. The average Bonchev–Trinajstić information content (AvgIpc) is 2.65. The normalized spacial score (nSPS) is 25.9. The van der Waals surface area contributed by atoms with Crippen LogP contribution >= 0.6 is 0 Å². The number of carbonyl (C=O) groups excluding carboxylic acids is 3. The summed E-state index contributed by atoms with van der Waals surface area (Å²) in [6, 6.07) is 8.31. The molecule has 0 aromatic heterocycles. The Balaban J connectivity index is 1.71. The van der Waals surface area contributed by atoms with Gasteiger partial charge in [0.15, 0.2) is 0 Å². The first-order valence-corrected chi connectivity index (χ1v) is 9.97. The first kappa shape index (κ1) is 21.9. The number of ether oxygens (including phenoxy) is 3. The number of alkyl carbamates (subject to hydrolysis) is 1. The molecule has 2 aliphatic rings. The minimum absolute atomic E-state index is 0.0709. The van der Waals surface area contributed by atoms with E-state index in [1.807, 2.05) is 30.3 Å². The predicted molar refractivity (Wildman–Crippen MR) is 107 cm³/mol. The Morgan fingerprint density at radius 1 is 1.17 bits per heavy atom. The molecule has 1 aromatic carbocycles. The summed E-state index contributed by atoms with van der Waals surface area (Å²) in [7, 11) is 0. The van der Waals surface area contributed by atoms with E-state index in [1.54, 1.807) is 25.7 Å². The first-order chi connectivity index (χ1) is 14.1. The number of rotatable bonds is 4. The zero-order valence-corrected chi connectivity index (χ0v) is 17.6. The standard InChI is InChI=1S/C21H29N3O6/c1-20(2,3)30-19(27)24-15-9-21(17(22)25,10-16(24)13-28-12-15)23-18(26)29-11-14-7-5-4-6-8-14/h4-8,15-16H,9-13H2,1-3H3,(H2,22,25)(H,23,26). The number of fused-ring (bicyclic) bond motifs is 2. The Morgan fingerprint density at radius 2 is 1.77 bits per heavy atom. The van der Waals surface area contributed by atoms with Crippen LogP contribution in [0.25, 0.3) is 0 Å². The van der Waals surface area contributed by atoms with Gasteiger partial charge in [-0.1, -0.05) is 30.3 Å². The van der Waals surface area contributed by atoms with Gasteiger partial charge in [-0.15, -0.1) is 0 Å². The van der Waals surface area contributed by atoms with Crippen LogP contribution in [0.5, 0.6) is 0 Å². The van der Waals surface area contributed by atoms with Crippen LogP contribution < -0.4 is 11.1 Å². The largest absolute Gasteiger partial charge is 0.445 e. The summed E-state index contributed by atoms with van der Waals surface area (Å²) < 4.78 is 16.4. The average molecular weight is 419 g/mol. The maximum Gasteiger partial charge on any atom is 0.410 e. The highest BCUT2D eigenvalue weighted by molar-refractivity contribution is 5.89. The van der Waals surface area contributed by atoms with Crippen molar-refractivity contribution in [3.63, 3.8) is 0 Å². The maximum absolute atomic E-state index is 12.7. The lowest BCUT2D eigenvalue weighted by Crippen LogP contribution is -2.71. The highest BCUT2D eigenvalue weighted by Gasteiger charge is 2.53. The van der Waals surface area contributed by atoms with Gasteiger partial charge in [-0.3, -0.25) is 9.69 Å². The van der Waals surface area contributed by atoms with E-state index >= 15 is 0 Å². The molecular formula is C21H29N3O6. The SMILES string of the molecule is CC(C)(C)OC(=O)N1C2COCC1CC(NC(=O)OCc1ccccc1)(C(N)=O)C2. The third-order valence-corrected chi connectivity index (χ3v) is 5.21. The topological polar surface area (TPSA) is 120 Å². The van der Waals surface area contributed by atoms with E-state index in [0.29, 0.717) is 0 Å². The number of nitrogens with two attached hydrogens (primary N) is 1. The molecule has 0 aliphatic carbocycles. The van der Waals surface area contributed by atoms with E-state index in [9.17, 15) is 14.4 Å². The molecular weight excluding hydrogens is 390 g/mol. The summed E-state index contributed by atoms with van der Waals surface area (Å²) in [5, 5.41) is 2.67. The van der Waals surface area contributed by atoms with Crippen molar-refractivity contribution in [2.75, 3.05) is 13.2 Å². The fourth-order valence-corrected chi connectivity index (χ4v) is 3.93. The number of piperidine rings is 1. The Kier molecular flexibility index (Phi) is 6.21. The van der Waals surface area contributed by atoms with Gasteiger partial charge in [0.25, 0.3) is 0 Å². The summed E-state index contributed by atoms with van der Waals surface area (Å²) >= 11 is 0. The predicted octanol–water partition coefficient (Wildman–Crippen LogP) is 1.94. The van der Waals surface area contributed by atoms with Crippen molar-refractivity contribution in [1.82, 2.24) is 10.2 Å². The number of hydrogen-bond acceptors (Lipinski definition) is 6. The lowest BCUT2D eigenvalue weighted by Gasteiger charge is -2.51. The number of amides is 3. The van der Waals surface area contributed by atoms with Crippen LogP contribution in [-0.4, -0.2) is 59.4 Å². The molecule has 2 unspecified atom stereocenters. The van der Waals surface area contributed by atoms with Crippen LogP contribution in [0.15, 0.2) is 30.3 Å². The molecule has 0 radical (unpaired) electrons. The van der Waals surface area contributed by atoms with Crippen LogP contribution in [0, 0.1) is 0 Å². The lowest BCUT2D eigenvalue weighted by atomic mass is 9.78. The fourth-order valence-electron chi connectivity index (χ4n) is 3.93. The van der Waals surface area contributed by atoms with Gasteiger partial charge in [0.05, 0.1) is 25.3 Å². The molecule has 9 nitrogen and oxygen atoms in total. The van der Waals surface area contributed by atoms with Crippen molar-refractivity contribution < 1.29 is 28.6 Å². The molecule has 3 amide bonds. The van der Waals surface area contributed by atoms with Crippen LogP contribution in [-0.2, 0) is 25.6 Å². The molecule has 0 saturated carbocycles. The highest BCUT2D eigenvalue weighted by atomic mass is 16.6. The Bertz CT molecular complexity index is 778. The second-order valence-electron chi connectivity index (χ2n) is 8.77. The van der Waals surface area contributed by atoms with Gasteiger partial charge >= 0.3 is 12.2 Å². The molecule has 1 aromatic rings. The van der Waals surface area contributed by atoms with Gasteiger partial charge in [-0.05, 0) is 26.3 Å². The van der Waals surface area contributed by atoms with Crippen molar-refractivity contribution in [3.05, 3.63) is 35.9 Å². The summed E-state index contributed by atoms with van der Waals surface area (Å²) in [5.74, 6) is -0.667. The number of hydrogen-bond donors (Lipinski definition) is 2. The van der Waals surface area contributed by atoms with E-state index in [0.717, 1.165) is 5.56 Å². The molecule has 2 bridgehead atoms. The lowest BCUT2D eigenvalue weighted by molar-refractivity contribution is -0.136. The second kappa shape index (κ2) is 8.51. The van der Waals surface area contributed by atoms with Crippen molar-refractivity contribution in [2.45, 2.75) is 63.4 Å². The molecule has 2 saturated heterocycles. The molecule has 3 N–H and O–H groups in total. The summed E-state index contributed by atoms with van der Waals surface area (Å²) in [5.41, 5.74) is 4.55. The maximum atomic E-state index is 12.7. The molecule has 9 heteroatoms. The van der Waals surface area contributed by atoms with Gasteiger partial charge in [0.1, 0.15) is 17.7 Å². The molecule has 30 heavy (non-hydrogen) atoms. The first-order valence-electron chi connectivity index (χ1n) is 9.97. The van der Waals surface area contributed by atoms with Gasteiger partial charge in [-0.25, -0.2) is 9.59 Å². The quantitative estimate of drug-likeness (QED) is 0.769. The Labute approximate surface area is 175 Å². The zero-order chi connectivity index (χ0) is 21.9. The van der Waals surface area contributed by atoms with E-state index in [-0.39, 0.29) is 32.7 Å². The number of benzene rings is 1. The van der Waals surface area contributed by atoms with Crippen LogP contribution in [0.1, 0.15) is 39.2 Å². The van der Waals surface area contributed by atoms with Gasteiger partial charge in [0.2, 0.25) is 5.91 Å². The summed E-state index contributed by atoms with van der Waals surface area (Å²) in [6.45, 7) is 5.90. The molecule has 2 fully saturated rings. The fraction of sp³-hybridized carbons (Fsp3) is 0.571. The highest BCUT2D eigenvalue weighted by Crippen LogP contribution is 2.35. The van der Waals surface area contributed by atoms with E-state index in [4.69, 9.17) is 19.9 Å². The van der Waals surface area contributed by atoms with Crippen molar-refractivity contribution in [3.8, 4) is 0 Å². The second-order valence-corrected chi connectivity index (χ2v) is 8.77. The third-order valence-electron chi connectivity index (χ3n) is 5.21. The minimum atomic E-state index is -1.33. The summed E-state index contributed by atoms with van der Waals surface area (Å²) in [4.78, 5) is 39.2. The number of morpholine rings is 1. The number of nitrogens with one attached hydrogen (secondary N) is 1. The monoisotopic (exact) mass is 419 g/mol. The molecule has 2 atom stereocenters. The molecule has 164 valence electrons. The van der Waals surface area contributed by atoms with Crippen LogP contribution in [0.4, 0.5) is 9.59 Å². The van der Waals surface area contributed by atoms with Crippen LogP contribution in [0.2, 0.25) is 0 Å². The van der Waals surface area contributed by atoms with E-state index < -0.39 is 41.3 Å². The zero-order valence-electron chi connectivity index (χ0n) is 17.6. The molecule has 2 aliphatic heterocycles. The van der Waals surface area contributed by atoms with Gasteiger partial charge in [0, 0.05) is 12.8 Å². The molecule has 0 spiro atoms. The Hall–Kier alpha value is -2.81. The van der Waals surface area contributed by atoms with Crippen molar-refractivity contribution in [1.29, 1.82) is 0 Å². The van der Waals surface area contributed by atoms with Crippen LogP contribution in [0.3, 0.4) is 0 Å². The van der Waals surface area contributed by atoms with Crippen molar-refractivity contribution in [2.24, 2.45) is 5.73 Å². The summed E-state index contributed by atoms with van der Waals surface area (Å²) in [6.07, 6.45) is -0.954.